The zero-order chi connectivity index (χ0) is 31.0. The minimum atomic E-state index is -4.31. The maximum absolute atomic E-state index is 14.9. The van der Waals surface area contributed by atoms with Crippen molar-refractivity contribution >= 4 is 27.5 Å². The summed E-state index contributed by atoms with van der Waals surface area (Å²) in [4.78, 5) is 29.0. The van der Waals surface area contributed by atoms with Crippen molar-refractivity contribution in [2.24, 2.45) is 0 Å². The van der Waals surface area contributed by atoms with E-state index in [4.69, 9.17) is 0 Å². The molecule has 2 amide bonds. The molecular weight excluding hydrogens is 572 g/mol. The highest BCUT2D eigenvalue weighted by molar-refractivity contribution is 7.92. The molecule has 7 nitrogen and oxygen atoms in total. The van der Waals surface area contributed by atoms with Gasteiger partial charge in [0.2, 0.25) is 11.8 Å². The second-order valence-corrected chi connectivity index (χ2v) is 12.1. The van der Waals surface area contributed by atoms with Crippen LogP contribution in [-0.2, 0) is 32.6 Å². The summed E-state index contributed by atoms with van der Waals surface area (Å²) in [6.07, 6.45) is 0.0988. The Kier molecular flexibility index (Phi) is 10.3. The summed E-state index contributed by atoms with van der Waals surface area (Å²) in [5.74, 6) is -2.37. The maximum atomic E-state index is 14.9. The highest BCUT2D eigenvalue weighted by atomic mass is 32.2. The van der Waals surface area contributed by atoms with Crippen LogP contribution in [0.4, 0.5) is 14.5 Å². The van der Waals surface area contributed by atoms with Gasteiger partial charge in [-0.25, -0.2) is 17.2 Å². The van der Waals surface area contributed by atoms with Crippen LogP contribution < -0.4 is 9.62 Å². The third-order valence-corrected chi connectivity index (χ3v) is 8.51. The third-order valence-electron chi connectivity index (χ3n) is 6.73. The van der Waals surface area contributed by atoms with E-state index in [1.165, 1.54) is 47.4 Å². The van der Waals surface area contributed by atoms with Crippen LogP contribution in [0.25, 0.3) is 0 Å². The molecule has 0 radical (unpaired) electrons. The lowest BCUT2D eigenvalue weighted by molar-refractivity contribution is -0.140. The van der Waals surface area contributed by atoms with Crippen LogP contribution in [0.3, 0.4) is 0 Å². The van der Waals surface area contributed by atoms with E-state index in [-0.39, 0.29) is 35.2 Å². The molecule has 1 atom stereocenters. The standard InChI is InChI=1S/C33H33F2N3O4S/c1-24(2)36-33(40)31(21-25-11-5-3-6-12-25)37(22-26-13-9-10-16-30(26)35)32(39)23-38(28-19-17-27(34)18-20-28)43(41,42)29-14-7-4-8-15-29/h3-20,24,31H,21-23H2,1-2H3,(H,36,40)/t31-/m0/s1. The van der Waals surface area contributed by atoms with Crippen LogP contribution in [0.15, 0.2) is 114 Å². The highest BCUT2D eigenvalue weighted by Crippen LogP contribution is 2.25. The van der Waals surface area contributed by atoms with Gasteiger partial charge in [0.15, 0.2) is 0 Å². The molecule has 0 aliphatic rings. The number of benzene rings is 4. The zero-order valence-corrected chi connectivity index (χ0v) is 24.7. The zero-order valence-electron chi connectivity index (χ0n) is 23.9. The molecule has 4 rings (SSSR count). The first-order valence-corrected chi connectivity index (χ1v) is 15.2. The molecule has 43 heavy (non-hydrogen) atoms. The van der Waals surface area contributed by atoms with E-state index < -0.39 is 46.1 Å². The van der Waals surface area contributed by atoms with E-state index in [0.29, 0.717) is 0 Å². The number of nitrogens with one attached hydrogen (secondary N) is 1. The molecule has 0 spiro atoms. The first-order chi connectivity index (χ1) is 20.6. The normalized spacial score (nSPS) is 12.0. The molecule has 1 N–H and O–H groups in total. The molecule has 0 aliphatic heterocycles. The lowest BCUT2D eigenvalue weighted by Crippen LogP contribution is -2.54. The molecular formula is C33H33F2N3O4S. The molecule has 4 aromatic rings. The number of hydrogen-bond acceptors (Lipinski definition) is 4. The van der Waals surface area contributed by atoms with Crippen molar-refractivity contribution in [2.45, 2.75) is 43.8 Å². The van der Waals surface area contributed by atoms with Gasteiger partial charge in [0.25, 0.3) is 10.0 Å². The molecule has 0 unspecified atom stereocenters. The predicted octanol–water partition coefficient (Wildman–Crippen LogP) is 5.32. The Hall–Kier alpha value is -4.57. The Morgan fingerprint density at radius 2 is 1.37 bits per heavy atom. The van der Waals surface area contributed by atoms with Crippen LogP contribution in [0.5, 0.6) is 0 Å². The number of carbonyl (C=O) groups excluding carboxylic acids is 2. The molecule has 0 bridgehead atoms. The monoisotopic (exact) mass is 605 g/mol. The van der Waals surface area contributed by atoms with Crippen molar-refractivity contribution in [3.05, 3.63) is 132 Å². The molecule has 0 aromatic heterocycles. The first kappa shape index (κ1) is 31.4. The molecule has 0 saturated carbocycles. The fourth-order valence-electron chi connectivity index (χ4n) is 4.60. The lowest BCUT2D eigenvalue weighted by atomic mass is 10.0. The number of amides is 2. The van der Waals surface area contributed by atoms with Crippen molar-refractivity contribution < 1.29 is 26.8 Å². The number of nitrogens with zero attached hydrogens (tertiary/aromatic N) is 2. The molecule has 4 aromatic carbocycles. The SMILES string of the molecule is CC(C)NC(=O)[C@H](Cc1ccccc1)N(Cc1ccccc1F)C(=O)CN(c1ccc(F)cc1)S(=O)(=O)c1ccccc1. The van der Waals surface area contributed by atoms with Gasteiger partial charge < -0.3 is 10.2 Å². The van der Waals surface area contributed by atoms with E-state index >= 15 is 0 Å². The van der Waals surface area contributed by atoms with Crippen molar-refractivity contribution in [2.75, 3.05) is 10.8 Å². The first-order valence-electron chi connectivity index (χ1n) is 13.8. The van der Waals surface area contributed by atoms with E-state index in [1.54, 1.807) is 50.2 Å². The number of hydrogen-bond donors (Lipinski definition) is 1. The maximum Gasteiger partial charge on any atom is 0.264 e. The van der Waals surface area contributed by atoms with E-state index in [9.17, 15) is 26.8 Å². The van der Waals surface area contributed by atoms with Gasteiger partial charge >= 0.3 is 0 Å². The topological polar surface area (TPSA) is 86.8 Å². The fourth-order valence-corrected chi connectivity index (χ4v) is 6.04. The largest absolute Gasteiger partial charge is 0.352 e. The summed E-state index contributed by atoms with van der Waals surface area (Å²) >= 11 is 0. The quantitative estimate of drug-likeness (QED) is 0.237. The van der Waals surface area contributed by atoms with Gasteiger partial charge in [-0.1, -0.05) is 66.7 Å². The van der Waals surface area contributed by atoms with Crippen molar-refractivity contribution in [1.29, 1.82) is 0 Å². The van der Waals surface area contributed by atoms with Gasteiger partial charge in [-0.15, -0.1) is 0 Å². The highest BCUT2D eigenvalue weighted by Gasteiger charge is 2.35. The minimum absolute atomic E-state index is 0.0516. The van der Waals surface area contributed by atoms with Crippen molar-refractivity contribution in [3.63, 3.8) is 0 Å². The molecule has 224 valence electrons. The number of rotatable bonds is 12. The molecule has 10 heteroatoms. The van der Waals surface area contributed by atoms with Crippen LogP contribution in [0.1, 0.15) is 25.0 Å². The Morgan fingerprint density at radius 3 is 1.98 bits per heavy atom. The summed E-state index contributed by atoms with van der Waals surface area (Å²) in [5, 5.41) is 2.85. The van der Waals surface area contributed by atoms with Gasteiger partial charge in [-0.3, -0.25) is 13.9 Å². The Labute approximate surface area is 250 Å². The average Bonchev–Trinajstić information content (AvgIpc) is 2.99. The number of sulfonamides is 1. The number of halogens is 2. The summed E-state index contributed by atoms with van der Waals surface area (Å²) < 4.78 is 57.3. The lowest BCUT2D eigenvalue weighted by Gasteiger charge is -2.34. The molecule has 0 aliphatic carbocycles. The summed E-state index contributed by atoms with van der Waals surface area (Å²) in [7, 11) is -4.31. The Morgan fingerprint density at radius 1 is 0.791 bits per heavy atom. The van der Waals surface area contributed by atoms with Gasteiger partial charge in [0, 0.05) is 24.6 Å². The second kappa shape index (κ2) is 14.1. The van der Waals surface area contributed by atoms with Crippen LogP contribution in [0, 0.1) is 11.6 Å². The van der Waals surface area contributed by atoms with Gasteiger partial charge in [0.05, 0.1) is 10.6 Å². The average molecular weight is 606 g/mol. The summed E-state index contributed by atoms with van der Waals surface area (Å²) in [5.41, 5.74) is 0.964. The number of carbonyl (C=O) groups is 2. The molecule has 0 fully saturated rings. The van der Waals surface area contributed by atoms with Crippen LogP contribution >= 0.6 is 0 Å². The van der Waals surface area contributed by atoms with Gasteiger partial charge in [-0.05, 0) is 61.9 Å². The Bertz CT molecular complexity index is 1630. The second-order valence-electron chi connectivity index (χ2n) is 10.3. The van der Waals surface area contributed by atoms with Crippen molar-refractivity contribution in [1.82, 2.24) is 10.2 Å². The molecule has 0 saturated heterocycles. The van der Waals surface area contributed by atoms with Gasteiger partial charge in [0.1, 0.15) is 24.2 Å². The van der Waals surface area contributed by atoms with Crippen LogP contribution in [-0.4, -0.2) is 43.8 Å². The minimum Gasteiger partial charge on any atom is -0.352 e. The van der Waals surface area contributed by atoms with Crippen LogP contribution in [0.2, 0.25) is 0 Å². The smallest absolute Gasteiger partial charge is 0.264 e. The van der Waals surface area contributed by atoms with E-state index in [2.05, 4.69) is 5.32 Å². The van der Waals surface area contributed by atoms with E-state index in [1.807, 2.05) is 18.2 Å². The summed E-state index contributed by atoms with van der Waals surface area (Å²) in [6, 6.07) is 25.8. The van der Waals surface area contributed by atoms with E-state index in [0.717, 1.165) is 22.0 Å². The predicted molar refractivity (Wildman–Crippen MR) is 162 cm³/mol. The van der Waals surface area contributed by atoms with Gasteiger partial charge in [-0.2, -0.15) is 0 Å². The fraction of sp³-hybridized carbons (Fsp3) is 0.212. The third kappa shape index (κ3) is 8.04. The van der Waals surface area contributed by atoms with Crippen molar-refractivity contribution in [3.8, 4) is 0 Å². The summed E-state index contributed by atoms with van der Waals surface area (Å²) in [6.45, 7) is 2.54. The number of anilines is 1. The molecule has 0 heterocycles. The Balaban J connectivity index is 1.80.